The zero-order valence-electron chi connectivity index (χ0n) is 17.0. The van der Waals surface area contributed by atoms with E-state index in [2.05, 4.69) is 11.6 Å². The molecule has 0 saturated carbocycles. The molecule has 1 aromatic carbocycles. The lowest BCUT2D eigenvalue weighted by molar-refractivity contribution is 0.188. The average molecular weight is 398 g/mol. The summed E-state index contributed by atoms with van der Waals surface area (Å²) in [6.07, 6.45) is 1.68. The van der Waals surface area contributed by atoms with Crippen LogP contribution in [0.3, 0.4) is 0 Å². The number of H-pyrrole nitrogens is 1. The summed E-state index contributed by atoms with van der Waals surface area (Å²) in [5.74, 6) is 1.53. The lowest BCUT2D eigenvalue weighted by atomic mass is 10.2. The maximum atomic E-state index is 12.6. The fourth-order valence-corrected chi connectivity index (χ4v) is 3.18. The van der Waals surface area contributed by atoms with Gasteiger partial charge in [0.2, 0.25) is 0 Å². The Labute approximate surface area is 168 Å². The summed E-state index contributed by atoms with van der Waals surface area (Å²) in [5, 5.41) is 0. The van der Waals surface area contributed by atoms with Crippen LogP contribution in [0.15, 0.2) is 46.5 Å². The number of nitrogens with zero attached hydrogens (tertiary/aromatic N) is 3. The van der Waals surface area contributed by atoms with Crippen LogP contribution in [0, 0.1) is 5.92 Å². The number of hydrogen-bond donors (Lipinski definition) is 1. The van der Waals surface area contributed by atoms with Crippen LogP contribution in [0.1, 0.15) is 13.8 Å². The van der Waals surface area contributed by atoms with Crippen LogP contribution in [-0.2, 0) is 17.8 Å². The third kappa shape index (κ3) is 4.32. The number of hydrogen-bond acceptors (Lipinski definition) is 5. The molecule has 0 spiro atoms. The van der Waals surface area contributed by atoms with Crippen LogP contribution in [-0.4, -0.2) is 39.4 Å². The maximum Gasteiger partial charge on any atom is 0.330 e. The molecular formula is C21H26N4O4. The molecule has 1 N–H and O–H groups in total. The van der Waals surface area contributed by atoms with E-state index < -0.39 is 11.2 Å². The van der Waals surface area contributed by atoms with Crippen LogP contribution in [0.2, 0.25) is 0 Å². The number of aromatic amines is 1. The van der Waals surface area contributed by atoms with Gasteiger partial charge in [0.1, 0.15) is 18.2 Å². The van der Waals surface area contributed by atoms with E-state index in [1.165, 1.54) is 4.57 Å². The molecule has 0 bridgehead atoms. The molecule has 8 nitrogen and oxygen atoms in total. The Balaban J connectivity index is 2.20. The number of aromatic nitrogens is 4. The van der Waals surface area contributed by atoms with Crippen LogP contribution in [0.5, 0.6) is 5.75 Å². The summed E-state index contributed by atoms with van der Waals surface area (Å²) >= 11 is 0. The van der Waals surface area contributed by atoms with Gasteiger partial charge in [0.25, 0.3) is 5.56 Å². The first-order valence-corrected chi connectivity index (χ1v) is 9.52. The second-order valence-electron chi connectivity index (χ2n) is 7.14. The predicted octanol–water partition coefficient (Wildman–Crippen LogP) is 2.42. The molecular weight excluding hydrogens is 372 g/mol. The molecule has 0 aliphatic rings. The van der Waals surface area contributed by atoms with E-state index in [9.17, 15) is 9.59 Å². The Morgan fingerprint density at radius 3 is 2.55 bits per heavy atom. The summed E-state index contributed by atoms with van der Waals surface area (Å²) in [5.41, 5.74) is 0.652. The van der Waals surface area contributed by atoms with E-state index in [0.29, 0.717) is 49.0 Å². The van der Waals surface area contributed by atoms with Crippen molar-refractivity contribution >= 4 is 11.2 Å². The van der Waals surface area contributed by atoms with E-state index in [-0.39, 0.29) is 5.92 Å². The normalized spacial score (nSPS) is 11.3. The van der Waals surface area contributed by atoms with Gasteiger partial charge < -0.3 is 14.0 Å². The third-order valence-electron chi connectivity index (χ3n) is 4.43. The molecule has 2 heterocycles. The molecule has 29 heavy (non-hydrogen) atoms. The number of ether oxygens (including phenoxy) is 2. The molecule has 0 amide bonds. The Morgan fingerprint density at radius 1 is 1.21 bits per heavy atom. The summed E-state index contributed by atoms with van der Waals surface area (Å²) < 4.78 is 14.1. The van der Waals surface area contributed by atoms with Gasteiger partial charge in [-0.15, -0.1) is 0 Å². The highest BCUT2D eigenvalue weighted by Gasteiger charge is 2.20. The summed E-state index contributed by atoms with van der Waals surface area (Å²) in [6, 6.07) is 7.43. The van der Waals surface area contributed by atoms with Crippen molar-refractivity contribution in [2.75, 3.05) is 20.3 Å². The highest BCUT2D eigenvalue weighted by Crippen LogP contribution is 2.25. The summed E-state index contributed by atoms with van der Waals surface area (Å²) in [7, 11) is 1.60. The minimum atomic E-state index is -0.453. The second-order valence-corrected chi connectivity index (χ2v) is 7.14. The van der Waals surface area contributed by atoms with Gasteiger partial charge in [0, 0.05) is 25.8 Å². The smallest absolute Gasteiger partial charge is 0.330 e. The zero-order chi connectivity index (χ0) is 21.0. The molecule has 0 unspecified atom stereocenters. The maximum absolute atomic E-state index is 12.6. The highest BCUT2D eigenvalue weighted by molar-refractivity contribution is 5.77. The fourth-order valence-electron chi connectivity index (χ4n) is 3.18. The Hall–Kier alpha value is -3.13. The van der Waals surface area contributed by atoms with E-state index in [4.69, 9.17) is 14.5 Å². The van der Waals surface area contributed by atoms with E-state index in [0.717, 1.165) is 5.56 Å². The molecule has 0 radical (unpaired) electrons. The van der Waals surface area contributed by atoms with Crippen molar-refractivity contribution in [2.45, 2.75) is 26.9 Å². The molecule has 154 valence electrons. The van der Waals surface area contributed by atoms with E-state index in [1.54, 1.807) is 17.8 Å². The van der Waals surface area contributed by atoms with Crippen molar-refractivity contribution in [3.8, 4) is 17.1 Å². The number of nitrogens with one attached hydrogen (secondary N) is 1. The molecule has 8 heteroatoms. The largest absolute Gasteiger partial charge is 0.490 e. The number of benzene rings is 1. The first-order chi connectivity index (χ1) is 14.0. The van der Waals surface area contributed by atoms with Gasteiger partial charge in [-0.3, -0.25) is 14.3 Å². The molecule has 0 aliphatic heterocycles. The van der Waals surface area contributed by atoms with E-state index in [1.807, 2.05) is 38.1 Å². The molecule has 3 aromatic rings. The van der Waals surface area contributed by atoms with Gasteiger partial charge in [0.05, 0.1) is 6.61 Å². The number of rotatable bonds is 9. The Bertz CT molecular complexity index is 1110. The number of methoxy groups -OCH3 is 1. The van der Waals surface area contributed by atoms with Crippen molar-refractivity contribution in [1.82, 2.24) is 19.1 Å². The van der Waals surface area contributed by atoms with Gasteiger partial charge in [-0.05, 0) is 30.2 Å². The molecule has 0 aliphatic carbocycles. The number of imidazole rings is 1. The van der Waals surface area contributed by atoms with Gasteiger partial charge in [-0.1, -0.05) is 26.5 Å². The molecule has 0 atom stereocenters. The lowest BCUT2D eigenvalue weighted by Crippen LogP contribution is -2.32. The molecule has 2 aromatic heterocycles. The van der Waals surface area contributed by atoms with Crippen molar-refractivity contribution in [3.05, 3.63) is 57.8 Å². The predicted molar refractivity (Wildman–Crippen MR) is 112 cm³/mol. The quantitative estimate of drug-likeness (QED) is 0.559. The molecule has 0 saturated heterocycles. The van der Waals surface area contributed by atoms with Crippen molar-refractivity contribution in [3.63, 3.8) is 0 Å². The Morgan fingerprint density at radius 2 is 1.93 bits per heavy atom. The van der Waals surface area contributed by atoms with Gasteiger partial charge in [-0.25, -0.2) is 9.78 Å². The van der Waals surface area contributed by atoms with Gasteiger partial charge in [-0.2, -0.15) is 0 Å². The van der Waals surface area contributed by atoms with Crippen LogP contribution in [0.4, 0.5) is 0 Å². The van der Waals surface area contributed by atoms with Crippen molar-refractivity contribution in [2.24, 2.45) is 5.92 Å². The minimum Gasteiger partial charge on any atom is -0.490 e. The first-order valence-electron chi connectivity index (χ1n) is 9.52. The van der Waals surface area contributed by atoms with Crippen LogP contribution < -0.4 is 16.0 Å². The third-order valence-corrected chi connectivity index (χ3v) is 4.43. The highest BCUT2D eigenvalue weighted by atomic mass is 16.5. The SMILES string of the molecule is C=CCOc1ccc(-c2nc3c(c(=O)[nH]c(=O)n3CC(C)C)n2CCOC)cc1. The first kappa shape index (κ1) is 20.6. The number of fused-ring (bicyclic) bond motifs is 1. The van der Waals surface area contributed by atoms with Crippen molar-refractivity contribution < 1.29 is 9.47 Å². The minimum absolute atomic E-state index is 0.218. The van der Waals surface area contributed by atoms with Crippen LogP contribution in [0.25, 0.3) is 22.6 Å². The zero-order valence-corrected chi connectivity index (χ0v) is 17.0. The lowest BCUT2D eigenvalue weighted by Gasteiger charge is -2.10. The van der Waals surface area contributed by atoms with Crippen LogP contribution >= 0.6 is 0 Å². The summed E-state index contributed by atoms with van der Waals surface area (Å²) in [6.45, 7) is 9.37. The van der Waals surface area contributed by atoms with Gasteiger partial charge >= 0.3 is 5.69 Å². The summed E-state index contributed by atoms with van der Waals surface area (Å²) in [4.78, 5) is 32.2. The fraction of sp³-hybridized carbons (Fsp3) is 0.381. The monoisotopic (exact) mass is 398 g/mol. The molecule has 3 rings (SSSR count). The molecule has 0 fully saturated rings. The topological polar surface area (TPSA) is 91.1 Å². The Kier molecular flexibility index (Phi) is 6.33. The average Bonchev–Trinajstić information content (AvgIpc) is 3.08. The van der Waals surface area contributed by atoms with Gasteiger partial charge in [0.15, 0.2) is 11.2 Å². The second kappa shape index (κ2) is 8.91. The van der Waals surface area contributed by atoms with E-state index >= 15 is 0 Å². The van der Waals surface area contributed by atoms with Crippen molar-refractivity contribution in [1.29, 1.82) is 0 Å². The standard InChI is InChI=1S/C21H26N4O4/c1-5-11-29-16-8-6-15(7-9-16)18-22-19-17(24(18)10-12-28-4)20(26)23-21(27)25(19)13-14(2)3/h5-9,14H,1,10-13H2,2-4H3,(H,23,26,27).